The summed E-state index contributed by atoms with van der Waals surface area (Å²) in [6.45, 7) is 3.33. The van der Waals surface area contributed by atoms with Crippen molar-refractivity contribution in [1.29, 1.82) is 0 Å². The molecular formula is C12H14O4. The van der Waals surface area contributed by atoms with E-state index in [1.165, 1.54) is 25.3 Å². The molecule has 0 atom stereocenters. The fourth-order valence-corrected chi connectivity index (χ4v) is 1.33. The molecule has 4 heteroatoms. The summed E-state index contributed by atoms with van der Waals surface area (Å²) in [6, 6.07) is 1.47. The van der Waals surface area contributed by atoms with E-state index in [1.54, 1.807) is 13.8 Å². The minimum Gasteiger partial charge on any atom is -0.508 e. The number of esters is 1. The Morgan fingerprint density at radius 3 is 2.56 bits per heavy atom. The molecule has 1 rings (SSSR count). The third-order valence-corrected chi connectivity index (χ3v) is 2.36. The van der Waals surface area contributed by atoms with Gasteiger partial charge < -0.3 is 14.9 Å². The van der Waals surface area contributed by atoms with E-state index in [2.05, 4.69) is 4.74 Å². The van der Waals surface area contributed by atoms with Crippen LogP contribution in [-0.4, -0.2) is 23.3 Å². The number of hydrogen-bond acceptors (Lipinski definition) is 4. The van der Waals surface area contributed by atoms with Gasteiger partial charge in [0.05, 0.1) is 7.11 Å². The summed E-state index contributed by atoms with van der Waals surface area (Å²) in [5.74, 6) is -0.380. The van der Waals surface area contributed by atoms with E-state index in [1.807, 2.05) is 0 Å². The number of phenolic OH excluding ortho intramolecular Hbond substituents is 2. The molecule has 0 saturated carbocycles. The van der Waals surface area contributed by atoms with Crippen molar-refractivity contribution in [3.05, 3.63) is 28.8 Å². The fraction of sp³-hybridized carbons (Fsp3) is 0.250. The molecule has 0 bridgehead atoms. The van der Waals surface area contributed by atoms with Crippen LogP contribution < -0.4 is 0 Å². The smallest absolute Gasteiger partial charge is 0.330 e. The molecule has 1 aromatic carbocycles. The zero-order valence-electron chi connectivity index (χ0n) is 9.44. The summed E-state index contributed by atoms with van der Waals surface area (Å²) in [6.07, 6.45) is 2.62. The number of aryl methyl sites for hydroxylation is 1. The summed E-state index contributed by atoms with van der Waals surface area (Å²) >= 11 is 0. The average Bonchev–Trinajstić information content (AvgIpc) is 2.26. The number of rotatable bonds is 2. The molecule has 2 N–H and O–H groups in total. The Labute approximate surface area is 93.8 Å². The zero-order chi connectivity index (χ0) is 12.3. The van der Waals surface area contributed by atoms with Crippen molar-refractivity contribution >= 4 is 12.0 Å². The van der Waals surface area contributed by atoms with Gasteiger partial charge in [-0.3, -0.25) is 0 Å². The third kappa shape index (κ3) is 2.34. The highest BCUT2D eigenvalue weighted by Crippen LogP contribution is 2.32. The van der Waals surface area contributed by atoms with E-state index in [9.17, 15) is 15.0 Å². The first-order chi connectivity index (χ1) is 7.47. The molecule has 0 saturated heterocycles. The molecule has 0 unspecified atom stereocenters. The van der Waals surface area contributed by atoms with Crippen LogP contribution in [0.25, 0.3) is 6.08 Å². The van der Waals surface area contributed by atoms with Crippen LogP contribution in [0, 0.1) is 13.8 Å². The average molecular weight is 222 g/mol. The van der Waals surface area contributed by atoms with Gasteiger partial charge in [0.2, 0.25) is 0 Å². The number of ether oxygens (including phenoxy) is 1. The van der Waals surface area contributed by atoms with Crippen LogP contribution in [0.15, 0.2) is 12.1 Å². The number of aromatic hydroxyl groups is 2. The molecule has 86 valence electrons. The summed E-state index contributed by atoms with van der Waals surface area (Å²) in [5.41, 5.74) is 1.48. The number of carbonyl (C=O) groups excluding carboxylic acids is 1. The maximum atomic E-state index is 10.9. The Bertz CT molecular complexity index is 421. The summed E-state index contributed by atoms with van der Waals surface area (Å²) in [4.78, 5) is 10.9. The van der Waals surface area contributed by atoms with E-state index in [-0.39, 0.29) is 11.5 Å². The van der Waals surface area contributed by atoms with E-state index < -0.39 is 5.97 Å². The van der Waals surface area contributed by atoms with Gasteiger partial charge in [-0.2, -0.15) is 0 Å². The highest BCUT2D eigenvalue weighted by atomic mass is 16.5. The maximum absolute atomic E-state index is 10.9. The van der Waals surface area contributed by atoms with Crippen molar-refractivity contribution in [2.45, 2.75) is 13.8 Å². The highest BCUT2D eigenvalue weighted by molar-refractivity contribution is 5.88. The lowest BCUT2D eigenvalue weighted by atomic mass is 10.0. The molecular weight excluding hydrogens is 208 g/mol. The molecule has 0 aliphatic carbocycles. The Morgan fingerprint density at radius 2 is 2.00 bits per heavy atom. The van der Waals surface area contributed by atoms with Gasteiger partial charge in [0.15, 0.2) is 0 Å². The van der Waals surface area contributed by atoms with Gasteiger partial charge in [-0.25, -0.2) is 4.79 Å². The number of methoxy groups -OCH3 is 1. The first-order valence-corrected chi connectivity index (χ1v) is 4.75. The molecule has 4 nitrogen and oxygen atoms in total. The van der Waals surface area contributed by atoms with Crippen LogP contribution in [-0.2, 0) is 9.53 Å². The topological polar surface area (TPSA) is 66.8 Å². The fourth-order valence-electron chi connectivity index (χ4n) is 1.33. The van der Waals surface area contributed by atoms with Crippen molar-refractivity contribution in [2.75, 3.05) is 7.11 Å². The Hall–Kier alpha value is -1.97. The van der Waals surface area contributed by atoms with Crippen LogP contribution in [0.1, 0.15) is 16.7 Å². The molecule has 0 aliphatic heterocycles. The van der Waals surface area contributed by atoms with Crippen molar-refractivity contribution in [3.63, 3.8) is 0 Å². The summed E-state index contributed by atoms with van der Waals surface area (Å²) in [7, 11) is 1.27. The lowest BCUT2D eigenvalue weighted by Gasteiger charge is -2.09. The number of carbonyl (C=O) groups is 1. The van der Waals surface area contributed by atoms with E-state index >= 15 is 0 Å². The lowest BCUT2D eigenvalue weighted by Crippen LogP contribution is -1.94. The Morgan fingerprint density at radius 1 is 1.38 bits per heavy atom. The van der Waals surface area contributed by atoms with Gasteiger partial charge in [-0.1, -0.05) is 0 Å². The molecule has 0 heterocycles. The van der Waals surface area contributed by atoms with Gasteiger partial charge in [0, 0.05) is 17.2 Å². The van der Waals surface area contributed by atoms with Crippen LogP contribution in [0.3, 0.4) is 0 Å². The van der Waals surface area contributed by atoms with Gasteiger partial charge in [-0.05, 0) is 31.6 Å². The summed E-state index contributed by atoms with van der Waals surface area (Å²) < 4.78 is 4.44. The molecule has 16 heavy (non-hydrogen) atoms. The second kappa shape index (κ2) is 4.70. The highest BCUT2D eigenvalue weighted by Gasteiger charge is 2.10. The molecule has 0 spiro atoms. The molecule has 0 radical (unpaired) electrons. The molecule has 0 amide bonds. The Balaban J connectivity index is 3.22. The van der Waals surface area contributed by atoms with Crippen molar-refractivity contribution in [2.24, 2.45) is 0 Å². The Kier molecular flexibility index (Phi) is 3.55. The minimum atomic E-state index is -0.514. The number of phenols is 2. The number of hydrogen-bond donors (Lipinski definition) is 2. The van der Waals surface area contributed by atoms with Gasteiger partial charge in [0.25, 0.3) is 0 Å². The van der Waals surface area contributed by atoms with Crippen molar-refractivity contribution in [3.8, 4) is 11.5 Å². The molecule has 0 fully saturated rings. The molecule has 0 aliphatic rings. The SMILES string of the molecule is COC(=O)/C=C/c1c(C)c(O)cc(C)c1O. The van der Waals surface area contributed by atoms with Crippen LogP contribution >= 0.6 is 0 Å². The maximum Gasteiger partial charge on any atom is 0.330 e. The van der Waals surface area contributed by atoms with Gasteiger partial charge >= 0.3 is 5.97 Å². The quantitative estimate of drug-likeness (QED) is 0.455. The second-order valence-corrected chi connectivity index (χ2v) is 3.46. The predicted molar refractivity (Wildman–Crippen MR) is 60.3 cm³/mol. The van der Waals surface area contributed by atoms with Crippen molar-refractivity contribution in [1.82, 2.24) is 0 Å². The minimum absolute atomic E-state index is 0.0513. The number of benzene rings is 1. The lowest BCUT2D eigenvalue weighted by molar-refractivity contribution is -0.134. The molecule has 0 aromatic heterocycles. The molecule has 1 aromatic rings. The van der Waals surface area contributed by atoms with E-state index in [4.69, 9.17) is 0 Å². The zero-order valence-corrected chi connectivity index (χ0v) is 9.44. The monoisotopic (exact) mass is 222 g/mol. The van der Waals surface area contributed by atoms with Gasteiger partial charge in [-0.15, -0.1) is 0 Å². The van der Waals surface area contributed by atoms with Crippen LogP contribution in [0.2, 0.25) is 0 Å². The van der Waals surface area contributed by atoms with Gasteiger partial charge in [0.1, 0.15) is 11.5 Å². The largest absolute Gasteiger partial charge is 0.508 e. The second-order valence-electron chi connectivity index (χ2n) is 3.46. The first kappa shape index (κ1) is 12.1. The summed E-state index contributed by atoms with van der Waals surface area (Å²) in [5, 5.41) is 19.3. The van der Waals surface area contributed by atoms with Crippen molar-refractivity contribution < 1.29 is 19.7 Å². The first-order valence-electron chi connectivity index (χ1n) is 4.75. The predicted octanol–water partition coefficient (Wildman–Crippen LogP) is 1.90. The normalized spacial score (nSPS) is 10.7. The standard InChI is InChI=1S/C12H14O4/c1-7-6-10(13)8(2)9(12(7)15)4-5-11(14)16-3/h4-6,13,15H,1-3H3/b5-4+. The third-order valence-electron chi connectivity index (χ3n) is 2.36. The van der Waals surface area contributed by atoms with E-state index in [0.29, 0.717) is 16.7 Å². The van der Waals surface area contributed by atoms with Crippen LogP contribution in [0.4, 0.5) is 0 Å². The van der Waals surface area contributed by atoms with E-state index in [0.717, 1.165) is 0 Å². The van der Waals surface area contributed by atoms with Crippen LogP contribution in [0.5, 0.6) is 11.5 Å².